The fraction of sp³-hybridized carbons (Fsp3) is 0.278. The van der Waals surface area contributed by atoms with Crippen LogP contribution in [0, 0.1) is 0 Å². The molecule has 7 nitrogen and oxygen atoms in total. The number of benzene rings is 1. The summed E-state index contributed by atoms with van der Waals surface area (Å²) in [6.07, 6.45) is 0.474. The lowest BCUT2D eigenvalue weighted by atomic mass is 10.3. The van der Waals surface area contributed by atoms with E-state index in [2.05, 4.69) is 15.5 Å². The van der Waals surface area contributed by atoms with Gasteiger partial charge < -0.3 is 5.32 Å². The molecule has 0 aliphatic carbocycles. The van der Waals surface area contributed by atoms with E-state index in [9.17, 15) is 13.2 Å². The Morgan fingerprint density at radius 1 is 1.21 bits per heavy atom. The minimum absolute atomic E-state index is 0.0200. The normalized spacial score (nSPS) is 18.2. The summed E-state index contributed by atoms with van der Waals surface area (Å²) in [6.45, 7) is 0. The summed E-state index contributed by atoms with van der Waals surface area (Å²) in [5.41, 5.74) is 0.917. The standard InChI is InChI=1S/C18H18N4O3S3/c23-16(19-13-8-10-28(24,25)12-13)11-27-18-21-20-17(15-7-4-9-26-15)22(18)14-5-2-1-3-6-14/h1-7,9,13H,8,10-12H2,(H,19,23)/t13-/m0/s1. The van der Waals surface area contributed by atoms with Crippen LogP contribution in [0.4, 0.5) is 0 Å². The summed E-state index contributed by atoms with van der Waals surface area (Å²) in [4.78, 5) is 13.3. The summed E-state index contributed by atoms with van der Waals surface area (Å²) >= 11 is 2.86. The second kappa shape index (κ2) is 8.06. The minimum Gasteiger partial charge on any atom is -0.352 e. The Balaban J connectivity index is 1.51. The lowest BCUT2D eigenvalue weighted by Gasteiger charge is -2.11. The smallest absolute Gasteiger partial charge is 0.230 e. The van der Waals surface area contributed by atoms with Crippen molar-refractivity contribution in [3.8, 4) is 16.4 Å². The zero-order chi connectivity index (χ0) is 19.6. The lowest BCUT2D eigenvalue weighted by Crippen LogP contribution is -2.36. The maximum atomic E-state index is 12.3. The number of para-hydroxylation sites is 1. The van der Waals surface area contributed by atoms with Crippen molar-refractivity contribution in [3.63, 3.8) is 0 Å². The summed E-state index contributed by atoms with van der Waals surface area (Å²) < 4.78 is 25.0. The van der Waals surface area contributed by atoms with Crippen molar-refractivity contribution in [3.05, 3.63) is 47.8 Å². The predicted molar refractivity (Wildman–Crippen MR) is 111 cm³/mol. The SMILES string of the molecule is O=C(CSc1nnc(-c2cccs2)n1-c1ccccc1)N[C@H]1CCS(=O)(=O)C1. The van der Waals surface area contributed by atoms with Gasteiger partial charge in [-0.25, -0.2) is 8.42 Å². The second-order valence-electron chi connectivity index (χ2n) is 6.41. The molecule has 0 spiro atoms. The van der Waals surface area contributed by atoms with Gasteiger partial charge in [-0.1, -0.05) is 36.0 Å². The van der Waals surface area contributed by atoms with Gasteiger partial charge in [0.2, 0.25) is 5.91 Å². The van der Waals surface area contributed by atoms with Crippen molar-refractivity contribution in [1.82, 2.24) is 20.1 Å². The molecule has 28 heavy (non-hydrogen) atoms. The molecule has 1 atom stereocenters. The highest BCUT2D eigenvalue weighted by Crippen LogP contribution is 2.30. The monoisotopic (exact) mass is 434 g/mol. The van der Waals surface area contributed by atoms with Gasteiger partial charge >= 0.3 is 0 Å². The number of carbonyl (C=O) groups is 1. The number of thiophene rings is 1. The van der Waals surface area contributed by atoms with Gasteiger partial charge in [-0.2, -0.15) is 0 Å². The first-order chi connectivity index (χ1) is 13.5. The molecule has 146 valence electrons. The van der Waals surface area contributed by atoms with Crippen LogP contribution in [0.3, 0.4) is 0 Å². The van der Waals surface area contributed by atoms with Crippen molar-refractivity contribution in [2.45, 2.75) is 17.6 Å². The first kappa shape index (κ1) is 19.2. The maximum absolute atomic E-state index is 12.3. The molecule has 0 saturated carbocycles. The number of nitrogens with one attached hydrogen (secondary N) is 1. The van der Waals surface area contributed by atoms with Crippen molar-refractivity contribution in [2.75, 3.05) is 17.3 Å². The number of aromatic nitrogens is 3. The van der Waals surface area contributed by atoms with Gasteiger partial charge in [0.1, 0.15) is 0 Å². The Labute approximate surface area is 171 Å². The summed E-state index contributed by atoms with van der Waals surface area (Å²) in [5, 5.41) is 14.0. The van der Waals surface area contributed by atoms with E-state index in [0.29, 0.717) is 11.6 Å². The van der Waals surface area contributed by atoms with Gasteiger partial charge in [0.05, 0.1) is 22.1 Å². The van der Waals surface area contributed by atoms with Crippen molar-refractivity contribution in [2.24, 2.45) is 0 Å². The van der Waals surface area contributed by atoms with Crippen LogP contribution in [0.5, 0.6) is 0 Å². The van der Waals surface area contributed by atoms with E-state index in [1.54, 1.807) is 11.3 Å². The molecular formula is C18H18N4O3S3. The third-order valence-electron chi connectivity index (χ3n) is 4.32. The van der Waals surface area contributed by atoms with Gasteiger partial charge in [0.25, 0.3) is 0 Å². The molecule has 3 aromatic rings. The van der Waals surface area contributed by atoms with E-state index in [0.717, 1.165) is 16.4 Å². The Kier molecular flexibility index (Phi) is 5.51. The average Bonchev–Trinajstić information content (AvgIpc) is 3.40. The van der Waals surface area contributed by atoms with E-state index in [-0.39, 0.29) is 29.2 Å². The maximum Gasteiger partial charge on any atom is 0.230 e. The molecule has 1 amide bonds. The van der Waals surface area contributed by atoms with Crippen molar-refractivity contribution < 1.29 is 13.2 Å². The molecule has 4 rings (SSSR count). The quantitative estimate of drug-likeness (QED) is 0.599. The first-order valence-electron chi connectivity index (χ1n) is 8.69. The van der Waals surface area contributed by atoms with Gasteiger partial charge in [-0.15, -0.1) is 21.5 Å². The van der Waals surface area contributed by atoms with Gasteiger partial charge in [0.15, 0.2) is 20.8 Å². The lowest BCUT2D eigenvalue weighted by molar-refractivity contribution is -0.119. The van der Waals surface area contributed by atoms with Crippen LogP contribution < -0.4 is 5.32 Å². The third kappa shape index (κ3) is 4.29. The van der Waals surface area contributed by atoms with E-state index >= 15 is 0 Å². The molecule has 1 aliphatic heterocycles. The number of thioether (sulfide) groups is 1. The van der Waals surface area contributed by atoms with Crippen molar-refractivity contribution in [1.29, 1.82) is 0 Å². The zero-order valence-corrected chi connectivity index (χ0v) is 17.3. The summed E-state index contributed by atoms with van der Waals surface area (Å²) in [6, 6.07) is 13.4. The molecule has 0 radical (unpaired) electrons. The third-order valence-corrected chi connectivity index (χ3v) is 7.88. The van der Waals surface area contributed by atoms with Gasteiger partial charge in [-0.05, 0) is 30.0 Å². The van der Waals surface area contributed by atoms with Crippen LogP contribution in [0.2, 0.25) is 0 Å². The Morgan fingerprint density at radius 2 is 2.04 bits per heavy atom. The molecule has 1 aliphatic rings. The molecule has 2 aromatic heterocycles. The Hall–Kier alpha value is -2.17. The van der Waals surface area contributed by atoms with Crippen LogP contribution in [-0.4, -0.2) is 52.4 Å². The van der Waals surface area contributed by atoms with E-state index in [1.807, 2.05) is 52.4 Å². The topological polar surface area (TPSA) is 93.9 Å². The zero-order valence-electron chi connectivity index (χ0n) is 14.8. The highest BCUT2D eigenvalue weighted by Gasteiger charge is 2.29. The largest absolute Gasteiger partial charge is 0.352 e. The number of hydrogen-bond acceptors (Lipinski definition) is 7. The number of carbonyl (C=O) groups excluding carboxylic acids is 1. The minimum atomic E-state index is -3.02. The van der Waals surface area contributed by atoms with Crippen LogP contribution in [0.25, 0.3) is 16.4 Å². The predicted octanol–water partition coefficient (Wildman–Crippen LogP) is 2.39. The highest BCUT2D eigenvalue weighted by molar-refractivity contribution is 7.99. The number of nitrogens with zero attached hydrogens (tertiary/aromatic N) is 3. The first-order valence-corrected chi connectivity index (χ1v) is 12.4. The molecule has 1 saturated heterocycles. The fourth-order valence-electron chi connectivity index (χ4n) is 3.05. The molecule has 1 aromatic carbocycles. The Morgan fingerprint density at radius 3 is 2.71 bits per heavy atom. The Bertz CT molecular complexity index is 1060. The molecule has 1 fully saturated rings. The molecule has 10 heteroatoms. The van der Waals surface area contributed by atoms with Crippen LogP contribution >= 0.6 is 23.1 Å². The highest BCUT2D eigenvalue weighted by atomic mass is 32.2. The molecule has 0 unspecified atom stereocenters. The number of hydrogen-bond donors (Lipinski definition) is 1. The molecule has 3 heterocycles. The fourth-order valence-corrected chi connectivity index (χ4v) is 6.18. The number of amides is 1. The molecule has 1 N–H and O–H groups in total. The van der Waals surface area contributed by atoms with E-state index in [4.69, 9.17) is 0 Å². The summed E-state index contributed by atoms with van der Waals surface area (Å²) in [5.74, 6) is 0.828. The number of rotatable bonds is 6. The van der Waals surface area contributed by atoms with E-state index in [1.165, 1.54) is 11.8 Å². The summed E-state index contributed by atoms with van der Waals surface area (Å²) in [7, 11) is -3.02. The van der Waals surface area contributed by atoms with Crippen LogP contribution in [0.1, 0.15) is 6.42 Å². The van der Waals surface area contributed by atoms with Gasteiger partial charge in [0, 0.05) is 11.7 Å². The molecular weight excluding hydrogens is 416 g/mol. The van der Waals surface area contributed by atoms with Crippen LogP contribution in [0.15, 0.2) is 53.0 Å². The second-order valence-corrected chi connectivity index (χ2v) is 10.5. The molecule has 0 bridgehead atoms. The van der Waals surface area contributed by atoms with Crippen molar-refractivity contribution >= 4 is 38.8 Å². The average molecular weight is 435 g/mol. The number of sulfone groups is 1. The van der Waals surface area contributed by atoms with Gasteiger partial charge in [-0.3, -0.25) is 9.36 Å². The van der Waals surface area contributed by atoms with Crippen LogP contribution in [-0.2, 0) is 14.6 Å². The van der Waals surface area contributed by atoms with E-state index < -0.39 is 9.84 Å².